The van der Waals surface area contributed by atoms with Gasteiger partial charge in [-0.1, -0.05) is 30.9 Å². The van der Waals surface area contributed by atoms with E-state index in [1.165, 1.54) is 11.5 Å². The van der Waals surface area contributed by atoms with Crippen molar-refractivity contribution in [3.63, 3.8) is 0 Å². The summed E-state index contributed by atoms with van der Waals surface area (Å²) in [5.41, 5.74) is 5.23. The quantitative estimate of drug-likeness (QED) is 0.460. The van der Waals surface area contributed by atoms with E-state index >= 15 is 0 Å². The molecule has 0 saturated carbocycles. The van der Waals surface area contributed by atoms with Gasteiger partial charge in [-0.3, -0.25) is 4.79 Å². The van der Waals surface area contributed by atoms with Gasteiger partial charge in [-0.2, -0.15) is 0 Å². The maximum absolute atomic E-state index is 11.7. The van der Waals surface area contributed by atoms with Crippen molar-refractivity contribution in [1.29, 1.82) is 0 Å². The molecule has 0 aliphatic rings. The Bertz CT molecular complexity index is 445. The van der Waals surface area contributed by atoms with Gasteiger partial charge < -0.3 is 10.5 Å². The lowest BCUT2D eigenvalue weighted by Crippen LogP contribution is -2.29. The fourth-order valence-electron chi connectivity index (χ4n) is 1.21. The molecule has 0 fully saturated rings. The van der Waals surface area contributed by atoms with Gasteiger partial charge in [0.25, 0.3) is 0 Å². The number of nitrogens with two attached hydrogens (primary N) is 1. The van der Waals surface area contributed by atoms with Crippen LogP contribution in [0.2, 0.25) is 0 Å². The third-order valence-electron chi connectivity index (χ3n) is 1.99. The number of ether oxygens (including phenoxy) is 1. The summed E-state index contributed by atoms with van der Waals surface area (Å²) in [7, 11) is -1.28. The minimum absolute atomic E-state index is 0.0598. The molecule has 0 radical (unpaired) electrons. The molecule has 2 unspecified atom stereocenters. The van der Waals surface area contributed by atoms with Crippen molar-refractivity contribution in [2.75, 3.05) is 0 Å². The highest BCUT2D eigenvalue weighted by Gasteiger charge is 2.17. The van der Waals surface area contributed by atoms with Crippen molar-refractivity contribution in [1.82, 2.24) is 0 Å². The van der Waals surface area contributed by atoms with E-state index in [1.807, 2.05) is 6.92 Å². The number of allylic oxidation sites excluding steroid dienone is 3. The zero-order valence-corrected chi connectivity index (χ0v) is 15.1. The number of esters is 1. The van der Waals surface area contributed by atoms with Gasteiger partial charge in [0, 0.05) is 16.4 Å². The third-order valence-corrected chi connectivity index (χ3v) is 3.26. The average Bonchev–Trinajstić information content (AvgIpc) is 2.36. The van der Waals surface area contributed by atoms with Crippen molar-refractivity contribution in [3.05, 3.63) is 47.8 Å². The Morgan fingerprint density at radius 3 is 2.18 bits per heavy atom. The van der Waals surface area contributed by atoms with Crippen LogP contribution in [-0.2, 0) is 20.3 Å². The van der Waals surface area contributed by atoms with Crippen LogP contribution in [0.25, 0.3) is 0 Å². The van der Waals surface area contributed by atoms with Gasteiger partial charge in [-0.05, 0) is 34.6 Å². The molecular weight excluding hydrogens is 298 g/mol. The maximum Gasteiger partial charge on any atom is 0.308 e. The highest BCUT2D eigenvalue weighted by Crippen LogP contribution is 2.10. The predicted molar refractivity (Wildman–Crippen MR) is 95.5 cm³/mol. The van der Waals surface area contributed by atoms with E-state index in [9.17, 15) is 9.00 Å². The smallest absolute Gasteiger partial charge is 0.308 e. The first-order valence-electron chi connectivity index (χ1n) is 7.03. The second-order valence-electron chi connectivity index (χ2n) is 5.38. The Hall–Kier alpha value is -1.46. The van der Waals surface area contributed by atoms with E-state index in [0.29, 0.717) is 4.91 Å². The molecule has 0 aromatic rings. The summed E-state index contributed by atoms with van der Waals surface area (Å²) in [5, 5.41) is 1.46. The van der Waals surface area contributed by atoms with Crippen LogP contribution in [0.4, 0.5) is 0 Å². The molecule has 0 rings (SSSR count). The number of hydrogen-bond donors (Lipinski definition) is 1. The molecule has 0 heterocycles. The van der Waals surface area contributed by atoms with Crippen molar-refractivity contribution >= 4 is 16.8 Å². The lowest BCUT2D eigenvalue weighted by atomic mass is 10.2. The fraction of sp³-hybridized carbons (Fsp3) is 0.471. The summed E-state index contributed by atoms with van der Waals surface area (Å²) >= 11 is 0. The molecule has 22 heavy (non-hydrogen) atoms. The van der Waals surface area contributed by atoms with Crippen LogP contribution in [0.3, 0.4) is 0 Å². The number of rotatable bonds is 6. The van der Waals surface area contributed by atoms with Gasteiger partial charge in [0.15, 0.2) is 0 Å². The van der Waals surface area contributed by atoms with Crippen LogP contribution in [0.15, 0.2) is 47.8 Å². The van der Waals surface area contributed by atoms with Crippen LogP contribution < -0.4 is 5.73 Å². The molecule has 126 valence electrons. The maximum atomic E-state index is 11.7. The number of carbonyl (C=O) groups is 1. The van der Waals surface area contributed by atoms with Crippen molar-refractivity contribution in [3.8, 4) is 0 Å². The van der Waals surface area contributed by atoms with Crippen molar-refractivity contribution in [2.24, 2.45) is 5.73 Å². The molecule has 0 spiro atoms. The third kappa shape index (κ3) is 13.5. The lowest BCUT2D eigenvalue weighted by Gasteiger charge is -2.20. The van der Waals surface area contributed by atoms with Crippen LogP contribution in [0, 0.1) is 0 Å². The van der Waals surface area contributed by atoms with Crippen LogP contribution in [0.5, 0.6) is 0 Å². The molecule has 5 heteroatoms. The van der Waals surface area contributed by atoms with Crippen LogP contribution in [-0.4, -0.2) is 21.8 Å². The number of carbonyl (C=O) groups excluding carboxylic acids is 1. The normalized spacial score (nSPS) is 14.5. The van der Waals surface area contributed by atoms with E-state index in [0.717, 1.165) is 0 Å². The summed E-state index contributed by atoms with van der Waals surface area (Å²) in [6.07, 6.45) is 6.60. The Kier molecular flexibility index (Phi) is 12.6. The SMILES string of the molecule is C=C/C(=C\C)S(=O)/C=C/C(N)CC(=O)OC(C)(C)C.C=CC. The predicted octanol–water partition coefficient (Wildman–Crippen LogP) is 3.59. The van der Waals surface area contributed by atoms with E-state index in [2.05, 4.69) is 13.2 Å². The Labute approximate surface area is 137 Å². The molecule has 0 aromatic carbocycles. The van der Waals surface area contributed by atoms with Crippen molar-refractivity contribution < 1.29 is 13.7 Å². The van der Waals surface area contributed by atoms with E-state index in [1.54, 1.807) is 45.9 Å². The monoisotopic (exact) mass is 327 g/mol. The zero-order valence-electron chi connectivity index (χ0n) is 14.3. The summed E-state index contributed by atoms with van der Waals surface area (Å²) in [5.74, 6) is -0.370. The Morgan fingerprint density at radius 2 is 1.82 bits per heavy atom. The first-order valence-corrected chi connectivity index (χ1v) is 8.24. The van der Waals surface area contributed by atoms with Crippen molar-refractivity contribution in [2.45, 2.75) is 52.7 Å². The standard InChI is InChI=1S/C14H23NO3S.C3H6/c1-6-12(7-2)19(17)9-8-11(15)10-13(16)18-14(3,4)5;1-3-2/h6-9,11H,1,10,15H2,2-5H3;3H,1H2,2H3/b9-8+,12-7+;. The van der Waals surface area contributed by atoms with Gasteiger partial charge in [-0.25, -0.2) is 4.21 Å². The molecule has 0 saturated heterocycles. The largest absolute Gasteiger partial charge is 0.460 e. The second-order valence-corrected chi connectivity index (χ2v) is 6.72. The molecular formula is C17H29NO3S. The zero-order chi connectivity index (χ0) is 17.8. The minimum Gasteiger partial charge on any atom is -0.460 e. The molecule has 0 bridgehead atoms. The fourth-order valence-corrected chi connectivity index (χ4v) is 2.11. The summed E-state index contributed by atoms with van der Waals surface area (Å²) < 4.78 is 16.9. The molecule has 2 atom stereocenters. The number of hydrogen-bond acceptors (Lipinski definition) is 4. The van der Waals surface area contributed by atoms with Crippen LogP contribution >= 0.6 is 0 Å². The Balaban J connectivity index is 0. The van der Waals surface area contributed by atoms with Gasteiger partial charge in [0.2, 0.25) is 0 Å². The molecule has 2 N–H and O–H groups in total. The van der Waals surface area contributed by atoms with Gasteiger partial charge >= 0.3 is 5.97 Å². The Morgan fingerprint density at radius 1 is 1.32 bits per heavy atom. The molecule has 0 aliphatic heterocycles. The first-order chi connectivity index (χ1) is 10.1. The summed E-state index contributed by atoms with van der Waals surface area (Å²) in [4.78, 5) is 12.1. The highest BCUT2D eigenvalue weighted by atomic mass is 32.2. The van der Waals surface area contributed by atoms with Gasteiger partial charge in [0.05, 0.1) is 17.2 Å². The minimum atomic E-state index is -1.28. The molecule has 0 aromatic heterocycles. The summed E-state index contributed by atoms with van der Waals surface area (Å²) in [6.45, 7) is 16.0. The first kappa shape index (κ1) is 22.8. The van der Waals surface area contributed by atoms with E-state index in [4.69, 9.17) is 10.5 Å². The molecule has 4 nitrogen and oxygen atoms in total. The lowest BCUT2D eigenvalue weighted by molar-refractivity contribution is -0.154. The van der Waals surface area contributed by atoms with Gasteiger partial charge in [0.1, 0.15) is 5.60 Å². The summed E-state index contributed by atoms with van der Waals surface area (Å²) in [6, 6.07) is -0.512. The molecule has 0 aliphatic carbocycles. The van der Waals surface area contributed by atoms with E-state index < -0.39 is 22.4 Å². The second kappa shape index (κ2) is 12.1. The molecule has 0 amide bonds. The highest BCUT2D eigenvalue weighted by molar-refractivity contribution is 7.92. The van der Waals surface area contributed by atoms with Crippen LogP contribution in [0.1, 0.15) is 41.0 Å². The topological polar surface area (TPSA) is 69.4 Å². The van der Waals surface area contributed by atoms with Gasteiger partial charge in [-0.15, -0.1) is 6.58 Å². The average molecular weight is 327 g/mol. The van der Waals surface area contributed by atoms with E-state index in [-0.39, 0.29) is 12.4 Å².